The van der Waals surface area contributed by atoms with Crippen LogP contribution in [0.5, 0.6) is 5.75 Å². The van der Waals surface area contributed by atoms with E-state index in [1.807, 2.05) is 36.4 Å². The number of aromatic nitrogens is 5. The van der Waals surface area contributed by atoms with Crippen molar-refractivity contribution in [1.82, 2.24) is 25.1 Å². The van der Waals surface area contributed by atoms with Crippen molar-refractivity contribution in [2.24, 2.45) is 0 Å². The first-order valence-electron chi connectivity index (χ1n) is 9.02. The molecule has 4 rings (SSSR count). The molecule has 10 heteroatoms. The molecule has 4 N–H and O–H groups in total. The number of ether oxygens (including phenoxy) is 1. The second-order valence-corrected chi connectivity index (χ2v) is 7.22. The third-order valence-electron chi connectivity index (χ3n) is 4.26. The molecule has 0 aliphatic heterocycles. The Morgan fingerprint density at radius 2 is 1.93 bits per heavy atom. The van der Waals surface area contributed by atoms with Gasteiger partial charge in [0.2, 0.25) is 16.9 Å². The maximum atomic E-state index is 12.2. The van der Waals surface area contributed by atoms with Crippen LogP contribution in [0.15, 0.2) is 65.8 Å². The quantitative estimate of drug-likeness (QED) is 0.310. The van der Waals surface area contributed by atoms with Crippen LogP contribution in [0, 0.1) is 0 Å². The molecular weight excluding hydrogens is 402 g/mol. The Balaban J connectivity index is 1.40. The minimum atomic E-state index is -0.178. The van der Waals surface area contributed by atoms with E-state index in [4.69, 9.17) is 10.6 Å². The smallest absolute Gasteiger partial charge is 0.234 e. The molecule has 2 aromatic heterocycles. The number of benzene rings is 2. The summed E-state index contributed by atoms with van der Waals surface area (Å²) in [5.74, 6) is 7.25. The lowest BCUT2D eigenvalue weighted by molar-refractivity contribution is -0.113. The highest BCUT2D eigenvalue weighted by molar-refractivity contribution is 7.99. The summed E-state index contributed by atoms with van der Waals surface area (Å²) in [6.45, 7) is 0. The zero-order valence-electron chi connectivity index (χ0n) is 16.1. The number of nitrogen functional groups attached to an aromatic ring is 1. The Kier molecular flexibility index (Phi) is 5.66. The molecule has 0 aliphatic carbocycles. The topological polar surface area (TPSA) is 124 Å². The van der Waals surface area contributed by atoms with Crippen LogP contribution in [0.1, 0.15) is 0 Å². The lowest BCUT2D eigenvalue weighted by Crippen LogP contribution is -2.16. The van der Waals surface area contributed by atoms with Crippen LogP contribution in [0.3, 0.4) is 0 Å². The van der Waals surface area contributed by atoms with Crippen molar-refractivity contribution in [3.8, 4) is 28.5 Å². The summed E-state index contributed by atoms with van der Waals surface area (Å²) < 4.78 is 6.44. The number of carbonyl (C=O) groups excluding carboxylic acids is 1. The third-order valence-corrected chi connectivity index (χ3v) is 5.20. The number of nitrogens with one attached hydrogen (secondary N) is 2. The summed E-state index contributed by atoms with van der Waals surface area (Å²) in [5.41, 5.74) is 3.08. The van der Waals surface area contributed by atoms with Gasteiger partial charge in [-0.2, -0.15) is 5.10 Å². The molecule has 0 aliphatic rings. The lowest BCUT2D eigenvalue weighted by Gasteiger charge is -2.06. The predicted octanol–water partition coefficient (Wildman–Crippen LogP) is 2.79. The van der Waals surface area contributed by atoms with Crippen molar-refractivity contribution in [1.29, 1.82) is 0 Å². The first-order chi connectivity index (χ1) is 14.6. The van der Waals surface area contributed by atoms with Crippen LogP contribution < -0.4 is 15.9 Å². The van der Waals surface area contributed by atoms with Crippen LogP contribution in [0.4, 0.5) is 5.69 Å². The molecule has 0 unspecified atom stereocenters. The standard InChI is InChI=1S/C20H19N7O2S/c1-29-15-9-7-14(8-10-15)22-18(28)12-30-20-26-25-19(27(20)21)17-11-16(23-24-17)13-5-3-2-4-6-13/h2-11H,12,21H2,1H3,(H,22,28)(H,23,24). The highest BCUT2D eigenvalue weighted by Gasteiger charge is 2.16. The van der Waals surface area contributed by atoms with Crippen LogP contribution >= 0.6 is 11.8 Å². The molecule has 0 fully saturated rings. The van der Waals surface area contributed by atoms with Crippen molar-refractivity contribution >= 4 is 23.4 Å². The molecule has 30 heavy (non-hydrogen) atoms. The normalized spacial score (nSPS) is 10.7. The lowest BCUT2D eigenvalue weighted by atomic mass is 10.1. The number of H-pyrrole nitrogens is 1. The fourth-order valence-corrected chi connectivity index (χ4v) is 3.41. The predicted molar refractivity (Wildman–Crippen MR) is 116 cm³/mol. The summed E-state index contributed by atoms with van der Waals surface area (Å²) in [5, 5.41) is 18.7. The Hall–Kier alpha value is -3.79. The minimum absolute atomic E-state index is 0.138. The van der Waals surface area contributed by atoms with Crippen molar-refractivity contribution in [3.05, 3.63) is 60.7 Å². The fourth-order valence-electron chi connectivity index (χ4n) is 2.75. The number of carbonyl (C=O) groups is 1. The van der Waals surface area contributed by atoms with Crippen molar-refractivity contribution in [3.63, 3.8) is 0 Å². The number of rotatable bonds is 7. The van der Waals surface area contributed by atoms with Gasteiger partial charge in [0.1, 0.15) is 11.4 Å². The number of amides is 1. The van der Waals surface area contributed by atoms with E-state index in [0.717, 1.165) is 17.0 Å². The molecule has 2 heterocycles. The largest absolute Gasteiger partial charge is 0.497 e. The van der Waals surface area contributed by atoms with Gasteiger partial charge < -0.3 is 15.9 Å². The maximum Gasteiger partial charge on any atom is 0.234 e. The van der Waals surface area contributed by atoms with E-state index in [2.05, 4.69) is 25.7 Å². The fraction of sp³-hybridized carbons (Fsp3) is 0.100. The van der Waals surface area contributed by atoms with E-state index in [1.54, 1.807) is 31.4 Å². The highest BCUT2D eigenvalue weighted by Crippen LogP contribution is 2.24. The molecule has 2 aromatic carbocycles. The Labute approximate surface area is 176 Å². The van der Waals surface area contributed by atoms with Gasteiger partial charge in [-0.05, 0) is 30.3 Å². The van der Waals surface area contributed by atoms with Crippen LogP contribution in [-0.2, 0) is 4.79 Å². The van der Waals surface area contributed by atoms with Gasteiger partial charge in [0.15, 0.2) is 0 Å². The minimum Gasteiger partial charge on any atom is -0.497 e. The number of thioether (sulfide) groups is 1. The second kappa shape index (κ2) is 8.70. The Morgan fingerprint density at radius 1 is 1.17 bits per heavy atom. The van der Waals surface area contributed by atoms with Gasteiger partial charge in [-0.25, -0.2) is 4.68 Å². The number of anilines is 1. The molecule has 152 valence electrons. The van der Waals surface area contributed by atoms with E-state index >= 15 is 0 Å². The zero-order chi connectivity index (χ0) is 20.9. The van der Waals surface area contributed by atoms with Crippen molar-refractivity contribution < 1.29 is 9.53 Å². The van der Waals surface area contributed by atoms with E-state index in [1.165, 1.54) is 16.4 Å². The molecule has 0 spiro atoms. The van der Waals surface area contributed by atoms with Crippen molar-refractivity contribution in [2.45, 2.75) is 5.16 Å². The number of nitrogens with two attached hydrogens (primary N) is 1. The first kappa shape index (κ1) is 19.5. The van der Waals surface area contributed by atoms with E-state index < -0.39 is 0 Å². The highest BCUT2D eigenvalue weighted by atomic mass is 32.2. The molecule has 9 nitrogen and oxygen atoms in total. The van der Waals surface area contributed by atoms with Gasteiger partial charge in [0, 0.05) is 11.3 Å². The van der Waals surface area contributed by atoms with Gasteiger partial charge in [-0.15, -0.1) is 10.2 Å². The van der Waals surface area contributed by atoms with Crippen molar-refractivity contribution in [2.75, 3.05) is 24.0 Å². The first-order valence-corrected chi connectivity index (χ1v) is 10.0. The monoisotopic (exact) mass is 421 g/mol. The summed E-state index contributed by atoms with van der Waals surface area (Å²) in [4.78, 5) is 12.2. The van der Waals surface area contributed by atoms with Crippen LogP contribution in [-0.4, -0.2) is 43.8 Å². The van der Waals surface area contributed by atoms with Gasteiger partial charge in [-0.3, -0.25) is 9.89 Å². The zero-order valence-corrected chi connectivity index (χ0v) is 16.9. The number of nitrogens with zero attached hydrogens (tertiary/aromatic N) is 4. The molecule has 0 saturated heterocycles. The SMILES string of the molecule is COc1ccc(NC(=O)CSc2nnc(-c3cc(-c4ccccc4)n[nH]3)n2N)cc1. The van der Waals surface area contributed by atoms with E-state index in [9.17, 15) is 4.79 Å². The van der Waals surface area contributed by atoms with Gasteiger partial charge in [-0.1, -0.05) is 42.1 Å². The average Bonchev–Trinajstić information content (AvgIpc) is 3.40. The molecule has 0 atom stereocenters. The summed E-state index contributed by atoms with van der Waals surface area (Å²) in [6.07, 6.45) is 0. The van der Waals surface area contributed by atoms with Gasteiger partial charge in [0.25, 0.3) is 0 Å². The molecule has 4 aromatic rings. The Bertz CT molecular complexity index is 1140. The molecule has 0 radical (unpaired) electrons. The van der Waals surface area contributed by atoms with Crippen LogP contribution in [0.25, 0.3) is 22.8 Å². The second-order valence-electron chi connectivity index (χ2n) is 6.27. The average molecular weight is 421 g/mol. The number of aromatic amines is 1. The molecular formula is C20H19N7O2S. The molecule has 0 bridgehead atoms. The summed E-state index contributed by atoms with van der Waals surface area (Å²) in [6, 6.07) is 18.7. The number of methoxy groups -OCH3 is 1. The van der Waals surface area contributed by atoms with E-state index in [-0.39, 0.29) is 11.7 Å². The summed E-state index contributed by atoms with van der Waals surface area (Å²) in [7, 11) is 1.59. The van der Waals surface area contributed by atoms with Gasteiger partial charge >= 0.3 is 0 Å². The maximum absolute atomic E-state index is 12.2. The molecule has 0 saturated carbocycles. The Morgan fingerprint density at radius 3 is 2.67 bits per heavy atom. The summed E-state index contributed by atoms with van der Waals surface area (Å²) >= 11 is 1.19. The molecule has 1 amide bonds. The number of hydrogen-bond acceptors (Lipinski definition) is 7. The van der Waals surface area contributed by atoms with Crippen LogP contribution in [0.2, 0.25) is 0 Å². The number of hydrogen-bond donors (Lipinski definition) is 3. The van der Waals surface area contributed by atoms with Gasteiger partial charge in [0.05, 0.1) is 18.6 Å². The van der Waals surface area contributed by atoms with E-state index in [0.29, 0.717) is 22.4 Å². The third kappa shape index (κ3) is 4.28.